The molecule has 0 bridgehead atoms. The van der Waals surface area contributed by atoms with Crippen LogP contribution in [0.3, 0.4) is 0 Å². The van der Waals surface area contributed by atoms with Crippen molar-refractivity contribution < 1.29 is 24.5 Å². The fraction of sp³-hybridized carbons (Fsp3) is 0.250. The third kappa shape index (κ3) is 9.38. The van der Waals surface area contributed by atoms with Crippen molar-refractivity contribution in [3.8, 4) is 0 Å². The standard InChI is InChI=1S/C36H38N2O5S/c39-32(27-41-24-29-15-7-2-8-16-29)34(42-25-30-17-9-3-10-18-30)35(43-26-31-19-11-4-12-20-31)33(36-37-21-22-44-36)38(40)23-28-13-5-1-6-14-28/h1-22,32-35,39-40H,23-27H2/t32-,33-,34+,35+/m0/s1. The Morgan fingerprint density at radius 2 is 1.11 bits per heavy atom. The molecule has 0 radical (unpaired) electrons. The van der Waals surface area contributed by atoms with E-state index in [-0.39, 0.29) is 26.4 Å². The second-order valence-electron chi connectivity index (χ2n) is 10.5. The first-order chi connectivity index (χ1) is 21.7. The smallest absolute Gasteiger partial charge is 0.116 e. The van der Waals surface area contributed by atoms with E-state index in [0.717, 1.165) is 22.3 Å². The van der Waals surface area contributed by atoms with Gasteiger partial charge in [-0.25, -0.2) is 4.98 Å². The average molecular weight is 611 g/mol. The first kappa shape index (κ1) is 31.7. The number of nitrogens with zero attached hydrogens (tertiary/aromatic N) is 2. The summed E-state index contributed by atoms with van der Waals surface area (Å²) in [4.78, 5) is 4.59. The number of hydrogen-bond acceptors (Lipinski definition) is 8. The quantitative estimate of drug-likeness (QED) is 0.112. The Labute approximate surface area is 262 Å². The molecule has 5 rings (SSSR count). The van der Waals surface area contributed by atoms with E-state index in [1.807, 2.05) is 127 Å². The van der Waals surface area contributed by atoms with Crippen LogP contribution < -0.4 is 0 Å². The molecule has 0 aliphatic heterocycles. The summed E-state index contributed by atoms with van der Waals surface area (Å²) in [5, 5.41) is 27.1. The van der Waals surface area contributed by atoms with E-state index in [9.17, 15) is 10.3 Å². The minimum absolute atomic E-state index is 0.00819. The Morgan fingerprint density at radius 3 is 1.61 bits per heavy atom. The number of benzene rings is 4. The second-order valence-corrected chi connectivity index (χ2v) is 11.4. The number of aromatic nitrogens is 1. The highest BCUT2D eigenvalue weighted by atomic mass is 32.1. The summed E-state index contributed by atoms with van der Waals surface area (Å²) in [7, 11) is 0. The van der Waals surface area contributed by atoms with Gasteiger partial charge in [-0.15, -0.1) is 11.3 Å². The lowest BCUT2D eigenvalue weighted by atomic mass is 9.99. The Hall–Kier alpha value is -3.73. The average Bonchev–Trinajstić information content (AvgIpc) is 3.60. The van der Waals surface area contributed by atoms with Crippen molar-refractivity contribution in [2.24, 2.45) is 0 Å². The van der Waals surface area contributed by atoms with Gasteiger partial charge in [0.05, 0.1) is 26.4 Å². The summed E-state index contributed by atoms with van der Waals surface area (Å²) in [6.07, 6.45) is -1.07. The molecule has 0 spiro atoms. The van der Waals surface area contributed by atoms with Gasteiger partial charge in [-0.3, -0.25) is 0 Å². The number of rotatable bonds is 17. The number of hydroxylamine groups is 2. The first-order valence-corrected chi connectivity index (χ1v) is 15.5. The zero-order chi connectivity index (χ0) is 30.4. The van der Waals surface area contributed by atoms with E-state index >= 15 is 0 Å². The summed E-state index contributed by atoms with van der Waals surface area (Å²) >= 11 is 1.42. The maximum absolute atomic E-state index is 11.7. The Kier molecular flexibility index (Phi) is 12.2. The maximum Gasteiger partial charge on any atom is 0.116 e. The van der Waals surface area contributed by atoms with E-state index in [1.165, 1.54) is 16.4 Å². The van der Waals surface area contributed by atoms with Crippen LogP contribution in [0.5, 0.6) is 0 Å². The van der Waals surface area contributed by atoms with Gasteiger partial charge in [0.25, 0.3) is 0 Å². The number of aliphatic hydroxyl groups is 1. The first-order valence-electron chi connectivity index (χ1n) is 14.7. The lowest BCUT2D eigenvalue weighted by Crippen LogP contribution is -2.50. The summed E-state index contributed by atoms with van der Waals surface area (Å²) in [5.74, 6) is 0. The van der Waals surface area contributed by atoms with Crippen LogP contribution >= 0.6 is 11.3 Å². The van der Waals surface area contributed by atoms with Crippen LogP contribution in [0.4, 0.5) is 0 Å². The molecule has 1 aromatic heterocycles. The predicted molar refractivity (Wildman–Crippen MR) is 171 cm³/mol. The zero-order valence-corrected chi connectivity index (χ0v) is 25.3. The van der Waals surface area contributed by atoms with E-state index in [4.69, 9.17) is 14.2 Å². The van der Waals surface area contributed by atoms with Gasteiger partial charge in [0.1, 0.15) is 29.4 Å². The fourth-order valence-electron chi connectivity index (χ4n) is 4.98. The van der Waals surface area contributed by atoms with Crippen molar-refractivity contribution in [1.82, 2.24) is 10.0 Å². The molecule has 0 aliphatic rings. The molecule has 0 fully saturated rings. The summed E-state index contributed by atoms with van der Waals surface area (Å²) in [6, 6.07) is 38.4. The number of ether oxygens (including phenoxy) is 3. The molecule has 4 aromatic carbocycles. The van der Waals surface area contributed by atoms with Gasteiger partial charge in [-0.1, -0.05) is 121 Å². The molecular weight excluding hydrogens is 572 g/mol. The molecule has 7 nitrogen and oxygen atoms in total. The monoisotopic (exact) mass is 610 g/mol. The SMILES string of the molecule is O[C@@H](COCc1ccccc1)[C@@H](OCc1ccccc1)[C@H](OCc1ccccc1)[C@@H](c1nccs1)N(O)Cc1ccccc1. The largest absolute Gasteiger partial charge is 0.388 e. The third-order valence-electron chi connectivity index (χ3n) is 7.20. The van der Waals surface area contributed by atoms with Crippen LogP contribution in [0, 0.1) is 0 Å². The van der Waals surface area contributed by atoms with Crippen molar-refractivity contribution in [2.75, 3.05) is 6.61 Å². The van der Waals surface area contributed by atoms with Crippen molar-refractivity contribution in [1.29, 1.82) is 0 Å². The van der Waals surface area contributed by atoms with Gasteiger partial charge >= 0.3 is 0 Å². The molecule has 1 heterocycles. The van der Waals surface area contributed by atoms with Crippen LogP contribution in [0.2, 0.25) is 0 Å². The normalized spacial score (nSPS) is 14.2. The zero-order valence-electron chi connectivity index (χ0n) is 24.5. The van der Waals surface area contributed by atoms with Crippen molar-refractivity contribution >= 4 is 11.3 Å². The van der Waals surface area contributed by atoms with Gasteiger partial charge in [0, 0.05) is 18.1 Å². The Balaban J connectivity index is 1.46. The van der Waals surface area contributed by atoms with Crippen LogP contribution in [0.25, 0.3) is 0 Å². The third-order valence-corrected chi connectivity index (χ3v) is 8.04. The van der Waals surface area contributed by atoms with Crippen molar-refractivity contribution in [2.45, 2.75) is 50.7 Å². The minimum Gasteiger partial charge on any atom is -0.388 e. The van der Waals surface area contributed by atoms with Crippen molar-refractivity contribution in [3.63, 3.8) is 0 Å². The van der Waals surface area contributed by atoms with Gasteiger partial charge in [-0.2, -0.15) is 5.06 Å². The summed E-state index contributed by atoms with van der Waals surface area (Å²) in [6.45, 7) is 1.06. The molecule has 44 heavy (non-hydrogen) atoms. The predicted octanol–water partition coefficient (Wildman–Crippen LogP) is 6.82. The van der Waals surface area contributed by atoms with Gasteiger partial charge < -0.3 is 24.5 Å². The molecule has 0 aliphatic carbocycles. The van der Waals surface area contributed by atoms with E-state index < -0.39 is 24.4 Å². The van der Waals surface area contributed by atoms with E-state index in [1.54, 1.807) is 6.20 Å². The topological polar surface area (TPSA) is 84.3 Å². The Bertz CT molecular complexity index is 1460. The molecule has 8 heteroatoms. The van der Waals surface area contributed by atoms with Gasteiger partial charge in [0.2, 0.25) is 0 Å². The van der Waals surface area contributed by atoms with Crippen LogP contribution in [0.1, 0.15) is 33.3 Å². The molecule has 228 valence electrons. The minimum atomic E-state index is -1.07. The van der Waals surface area contributed by atoms with Crippen molar-refractivity contribution in [3.05, 3.63) is 160 Å². The fourth-order valence-corrected chi connectivity index (χ4v) is 5.76. The molecule has 0 saturated carbocycles. The van der Waals surface area contributed by atoms with Crippen LogP contribution in [-0.2, 0) is 40.6 Å². The molecule has 5 aromatic rings. The molecule has 0 saturated heterocycles. The molecule has 0 unspecified atom stereocenters. The lowest BCUT2D eigenvalue weighted by molar-refractivity contribution is -0.220. The van der Waals surface area contributed by atoms with E-state index in [0.29, 0.717) is 11.6 Å². The highest BCUT2D eigenvalue weighted by Crippen LogP contribution is 2.33. The molecule has 4 atom stereocenters. The molecule has 0 amide bonds. The van der Waals surface area contributed by atoms with Gasteiger partial charge in [-0.05, 0) is 22.3 Å². The van der Waals surface area contributed by atoms with Gasteiger partial charge in [0.15, 0.2) is 0 Å². The van der Waals surface area contributed by atoms with E-state index in [2.05, 4.69) is 4.98 Å². The molecular formula is C36H38N2O5S. The van der Waals surface area contributed by atoms with Crippen LogP contribution in [-0.4, -0.2) is 45.3 Å². The summed E-state index contributed by atoms with van der Waals surface area (Å²) < 4.78 is 19.1. The number of thiazole rings is 1. The number of hydrogen-bond donors (Lipinski definition) is 2. The lowest BCUT2D eigenvalue weighted by Gasteiger charge is -2.38. The Morgan fingerprint density at radius 1 is 0.636 bits per heavy atom. The molecule has 2 N–H and O–H groups in total. The second kappa shape index (κ2) is 16.9. The highest BCUT2D eigenvalue weighted by molar-refractivity contribution is 7.09. The maximum atomic E-state index is 11.7. The van der Waals surface area contributed by atoms with Crippen LogP contribution in [0.15, 0.2) is 133 Å². The summed E-state index contributed by atoms with van der Waals surface area (Å²) in [5.41, 5.74) is 3.84. The number of aliphatic hydroxyl groups excluding tert-OH is 1. The highest BCUT2D eigenvalue weighted by Gasteiger charge is 2.41.